The molecular weight excluding hydrogens is 410 g/mol. The second-order valence-electron chi connectivity index (χ2n) is 7.96. The van der Waals surface area contributed by atoms with Crippen LogP contribution in [-0.2, 0) is 9.53 Å². The SMILES string of the molecule is CCN(CC)CCNC(=O)[C@@H]1CS[C@@H](c2ccc(Cl)cc2)N1C(=O)OC(C)(C)C. The van der Waals surface area contributed by atoms with E-state index in [4.69, 9.17) is 16.3 Å². The average molecular weight is 442 g/mol. The summed E-state index contributed by atoms with van der Waals surface area (Å²) in [6, 6.07) is 6.78. The van der Waals surface area contributed by atoms with E-state index in [1.54, 1.807) is 28.8 Å². The third kappa shape index (κ3) is 6.79. The van der Waals surface area contributed by atoms with Crippen molar-refractivity contribution in [1.29, 1.82) is 0 Å². The Balaban J connectivity index is 2.15. The van der Waals surface area contributed by atoms with E-state index in [9.17, 15) is 9.59 Å². The monoisotopic (exact) mass is 441 g/mol. The molecule has 0 radical (unpaired) electrons. The molecule has 2 rings (SSSR count). The number of likely N-dealkylation sites (N-methyl/N-ethyl adjacent to an activating group) is 1. The maximum Gasteiger partial charge on any atom is 0.412 e. The number of hydrogen-bond acceptors (Lipinski definition) is 5. The number of carbonyl (C=O) groups excluding carboxylic acids is 2. The fourth-order valence-corrected chi connectivity index (χ4v) is 4.67. The number of nitrogens with zero attached hydrogens (tertiary/aromatic N) is 2. The molecule has 1 N–H and O–H groups in total. The Hall–Kier alpha value is -1.44. The van der Waals surface area contributed by atoms with Crippen LogP contribution < -0.4 is 5.32 Å². The maximum absolute atomic E-state index is 13.0. The van der Waals surface area contributed by atoms with Crippen LogP contribution in [0.15, 0.2) is 24.3 Å². The topological polar surface area (TPSA) is 61.9 Å². The predicted octanol–water partition coefficient (Wildman–Crippen LogP) is 4.15. The van der Waals surface area contributed by atoms with Crippen molar-refractivity contribution < 1.29 is 14.3 Å². The van der Waals surface area contributed by atoms with Gasteiger partial charge in [0.05, 0.1) is 0 Å². The standard InChI is InChI=1S/C21H32ClN3O3S/c1-6-24(7-2)13-12-23-18(26)17-14-29-19(15-8-10-16(22)11-9-15)25(17)20(27)28-21(3,4)5/h8-11,17,19H,6-7,12-14H2,1-5H3,(H,23,26)/t17-,19-/m0/s1. The molecule has 0 unspecified atom stereocenters. The summed E-state index contributed by atoms with van der Waals surface area (Å²) in [5.41, 5.74) is 0.280. The van der Waals surface area contributed by atoms with Gasteiger partial charge >= 0.3 is 6.09 Å². The van der Waals surface area contributed by atoms with Gasteiger partial charge in [0.25, 0.3) is 0 Å². The highest BCUT2D eigenvalue weighted by atomic mass is 35.5. The van der Waals surface area contributed by atoms with Gasteiger partial charge in [-0.05, 0) is 51.6 Å². The van der Waals surface area contributed by atoms with E-state index in [1.165, 1.54) is 0 Å². The van der Waals surface area contributed by atoms with Crippen molar-refractivity contribution in [1.82, 2.24) is 15.1 Å². The lowest BCUT2D eigenvalue weighted by Gasteiger charge is -2.31. The van der Waals surface area contributed by atoms with Crippen molar-refractivity contribution in [2.45, 2.75) is 51.6 Å². The zero-order chi connectivity index (χ0) is 21.6. The number of nitrogens with one attached hydrogen (secondary N) is 1. The summed E-state index contributed by atoms with van der Waals surface area (Å²) in [7, 11) is 0. The maximum atomic E-state index is 13.0. The van der Waals surface area contributed by atoms with Crippen LogP contribution in [0.5, 0.6) is 0 Å². The molecule has 0 aliphatic carbocycles. The normalized spacial score (nSPS) is 19.5. The molecule has 1 aromatic rings. The summed E-state index contributed by atoms with van der Waals surface area (Å²) in [4.78, 5) is 29.7. The second kappa shape index (κ2) is 10.5. The first-order valence-corrected chi connectivity index (χ1v) is 11.5. The van der Waals surface area contributed by atoms with Crippen molar-refractivity contribution in [3.05, 3.63) is 34.9 Å². The van der Waals surface area contributed by atoms with E-state index in [-0.39, 0.29) is 11.3 Å². The first-order valence-electron chi connectivity index (χ1n) is 10.0. The van der Waals surface area contributed by atoms with Crippen molar-refractivity contribution in [3.8, 4) is 0 Å². The zero-order valence-corrected chi connectivity index (χ0v) is 19.5. The Morgan fingerprint density at radius 3 is 2.41 bits per heavy atom. The third-order valence-electron chi connectivity index (χ3n) is 4.68. The molecule has 8 heteroatoms. The van der Waals surface area contributed by atoms with Crippen LogP contribution in [0.2, 0.25) is 5.02 Å². The minimum absolute atomic E-state index is 0.146. The Bertz CT molecular complexity index is 689. The number of amides is 2. The predicted molar refractivity (Wildman–Crippen MR) is 119 cm³/mol. The van der Waals surface area contributed by atoms with Gasteiger partial charge in [-0.25, -0.2) is 4.79 Å². The van der Waals surface area contributed by atoms with Crippen molar-refractivity contribution in [2.75, 3.05) is 31.9 Å². The molecule has 1 heterocycles. The number of carbonyl (C=O) groups is 2. The summed E-state index contributed by atoms with van der Waals surface area (Å²) in [5.74, 6) is 0.371. The van der Waals surface area contributed by atoms with Gasteiger partial charge in [-0.3, -0.25) is 9.69 Å². The van der Waals surface area contributed by atoms with E-state index in [1.807, 2.05) is 32.9 Å². The van der Waals surface area contributed by atoms with Crippen LogP contribution in [0.25, 0.3) is 0 Å². The number of rotatable bonds is 7. The van der Waals surface area contributed by atoms with Crippen LogP contribution in [0, 0.1) is 0 Å². The molecule has 1 aromatic carbocycles. The summed E-state index contributed by atoms with van der Waals surface area (Å²) < 4.78 is 5.61. The Morgan fingerprint density at radius 1 is 1.24 bits per heavy atom. The zero-order valence-electron chi connectivity index (χ0n) is 17.9. The fourth-order valence-electron chi connectivity index (χ4n) is 3.13. The lowest BCUT2D eigenvalue weighted by atomic mass is 10.1. The van der Waals surface area contributed by atoms with Crippen LogP contribution in [0.4, 0.5) is 4.79 Å². The Morgan fingerprint density at radius 2 is 1.86 bits per heavy atom. The lowest BCUT2D eigenvalue weighted by Crippen LogP contribution is -2.50. The number of hydrogen-bond donors (Lipinski definition) is 1. The van der Waals surface area contributed by atoms with E-state index >= 15 is 0 Å². The molecule has 0 saturated carbocycles. The van der Waals surface area contributed by atoms with E-state index in [0.717, 1.165) is 25.2 Å². The molecule has 162 valence electrons. The first kappa shape index (κ1) is 23.8. The number of thioether (sulfide) groups is 1. The van der Waals surface area contributed by atoms with Gasteiger partial charge in [0.2, 0.25) is 5.91 Å². The summed E-state index contributed by atoms with van der Waals surface area (Å²) in [6.07, 6.45) is -0.480. The van der Waals surface area contributed by atoms with Crippen LogP contribution in [0.3, 0.4) is 0 Å². The van der Waals surface area contributed by atoms with Gasteiger partial charge in [-0.2, -0.15) is 0 Å². The molecule has 0 aromatic heterocycles. The number of halogens is 1. The molecule has 2 amide bonds. The van der Waals surface area contributed by atoms with E-state index in [0.29, 0.717) is 17.3 Å². The molecule has 6 nitrogen and oxygen atoms in total. The van der Waals surface area contributed by atoms with Gasteiger partial charge in [0.1, 0.15) is 17.0 Å². The Labute approximate surface area is 183 Å². The highest BCUT2D eigenvalue weighted by molar-refractivity contribution is 7.99. The summed E-state index contributed by atoms with van der Waals surface area (Å²) >= 11 is 7.57. The molecule has 1 aliphatic heterocycles. The number of benzene rings is 1. The largest absolute Gasteiger partial charge is 0.444 e. The van der Waals surface area contributed by atoms with Crippen molar-refractivity contribution in [2.24, 2.45) is 0 Å². The van der Waals surface area contributed by atoms with Crippen molar-refractivity contribution in [3.63, 3.8) is 0 Å². The first-order chi connectivity index (χ1) is 13.7. The quantitative estimate of drug-likeness (QED) is 0.688. The molecule has 1 aliphatic rings. The minimum Gasteiger partial charge on any atom is -0.444 e. The van der Waals surface area contributed by atoms with Crippen LogP contribution in [0.1, 0.15) is 45.6 Å². The van der Waals surface area contributed by atoms with Gasteiger partial charge in [-0.1, -0.05) is 37.6 Å². The lowest BCUT2D eigenvalue weighted by molar-refractivity contribution is -0.125. The van der Waals surface area contributed by atoms with Gasteiger partial charge in [-0.15, -0.1) is 11.8 Å². The van der Waals surface area contributed by atoms with E-state index < -0.39 is 17.7 Å². The van der Waals surface area contributed by atoms with Crippen molar-refractivity contribution >= 4 is 35.4 Å². The molecule has 29 heavy (non-hydrogen) atoms. The number of ether oxygens (including phenoxy) is 1. The summed E-state index contributed by atoms with van der Waals surface area (Å²) in [5, 5.41) is 3.33. The highest BCUT2D eigenvalue weighted by Crippen LogP contribution is 2.42. The van der Waals surface area contributed by atoms with Gasteiger partial charge in [0, 0.05) is 23.9 Å². The highest BCUT2D eigenvalue weighted by Gasteiger charge is 2.44. The minimum atomic E-state index is -0.640. The van der Waals surface area contributed by atoms with Gasteiger partial charge < -0.3 is 15.0 Å². The van der Waals surface area contributed by atoms with Crippen LogP contribution >= 0.6 is 23.4 Å². The summed E-state index contributed by atoms with van der Waals surface area (Å²) in [6.45, 7) is 12.9. The molecular formula is C21H32ClN3O3S. The molecule has 2 atom stereocenters. The molecule has 1 fully saturated rings. The Kier molecular flexibility index (Phi) is 8.67. The fraction of sp³-hybridized carbons (Fsp3) is 0.619. The third-order valence-corrected chi connectivity index (χ3v) is 6.26. The molecule has 1 saturated heterocycles. The average Bonchev–Trinajstić information content (AvgIpc) is 3.09. The smallest absolute Gasteiger partial charge is 0.412 e. The van der Waals surface area contributed by atoms with Crippen LogP contribution in [-0.4, -0.2) is 65.4 Å². The second-order valence-corrected chi connectivity index (χ2v) is 9.51. The van der Waals surface area contributed by atoms with Gasteiger partial charge in [0.15, 0.2) is 0 Å². The van der Waals surface area contributed by atoms with E-state index in [2.05, 4.69) is 24.1 Å². The molecule has 0 bridgehead atoms. The molecule has 0 spiro atoms.